The molecular weight excluding hydrogens is 404 g/mol. The van der Waals surface area contributed by atoms with Gasteiger partial charge in [-0.15, -0.1) is 0 Å². The predicted molar refractivity (Wildman–Crippen MR) is 114 cm³/mol. The summed E-state index contributed by atoms with van der Waals surface area (Å²) in [7, 11) is 0. The first-order chi connectivity index (χ1) is 14.6. The fraction of sp³-hybridized carbons (Fsp3) is 0.167. The zero-order valence-electron chi connectivity index (χ0n) is 16.3. The molecule has 0 aliphatic heterocycles. The van der Waals surface area contributed by atoms with Crippen LogP contribution in [0.3, 0.4) is 0 Å². The van der Waals surface area contributed by atoms with Crippen molar-refractivity contribution in [2.45, 2.75) is 12.8 Å². The Bertz CT molecular complexity index is 988. The maximum absolute atomic E-state index is 12.2. The van der Waals surface area contributed by atoms with Crippen LogP contribution in [0.2, 0.25) is 5.02 Å². The molecule has 0 aliphatic rings. The Morgan fingerprint density at radius 3 is 2.43 bits per heavy atom. The summed E-state index contributed by atoms with van der Waals surface area (Å²) in [4.78, 5) is 24.3. The fourth-order valence-electron chi connectivity index (χ4n) is 2.72. The largest absolute Gasteiger partial charge is 0.480 e. The number of esters is 2. The van der Waals surface area contributed by atoms with E-state index in [1.165, 1.54) is 11.6 Å². The molecular formula is C24H21ClO5. The lowest BCUT2D eigenvalue weighted by molar-refractivity contribution is -0.136. The second kappa shape index (κ2) is 11.0. The molecule has 0 unspecified atom stereocenters. The van der Waals surface area contributed by atoms with Crippen LogP contribution in [0.4, 0.5) is 0 Å². The zero-order valence-corrected chi connectivity index (χ0v) is 17.0. The van der Waals surface area contributed by atoms with Gasteiger partial charge in [0.1, 0.15) is 11.5 Å². The van der Waals surface area contributed by atoms with Gasteiger partial charge in [-0.1, -0.05) is 60.1 Å². The van der Waals surface area contributed by atoms with E-state index in [0.717, 1.165) is 12.8 Å². The van der Waals surface area contributed by atoms with Crippen molar-refractivity contribution in [2.24, 2.45) is 0 Å². The number of hydrogen-bond acceptors (Lipinski definition) is 5. The third-order valence-corrected chi connectivity index (χ3v) is 4.48. The Morgan fingerprint density at radius 2 is 1.63 bits per heavy atom. The van der Waals surface area contributed by atoms with E-state index in [4.69, 9.17) is 25.8 Å². The van der Waals surface area contributed by atoms with Gasteiger partial charge in [-0.05, 0) is 48.7 Å². The molecule has 0 aromatic heterocycles. The van der Waals surface area contributed by atoms with E-state index < -0.39 is 11.9 Å². The van der Waals surface area contributed by atoms with Crippen molar-refractivity contribution < 1.29 is 23.8 Å². The van der Waals surface area contributed by atoms with E-state index in [0.29, 0.717) is 22.9 Å². The summed E-state index contributed by atoms with van der Waals surface area (Å²) in [5, 5.41) is 0.405. The number of aryl methyl sites for hydroxylation is 1. The van der Waals surface area contributed by atoms with E-state index >= 15 is 0 Å². The average Bonchev–Trinajstić information content (AvgIpc) is 2.77. The van der Waals surface area contributed by atoms with E-state index in [1.54, 1.807) is 42.5 Å². The van der Waals surface area contributed by atoms with E-state index in [1.807, 2.05) is 30.3 Å². The first-order valence-corrected chi connectivity index (χ1v) is 9.89. The Hall–Kier alpha value is -3.31. The molecule has 3 rings (SSSR count). The lowest BCUT2D eigenvalue weighted by atomic mass is 10.1. The van der Waals surface area contributed by atoms with Gasteiger partial charge in [0.2, 0.25) is 0 Å². The van der Waals surface area contributed by atoms with Crippen molar-refractivity contribution in [2.75, 3.05) is 13.2 Å². The van der Waals surface area contributed by atoms with E-state index in [9.17, 15) is 9.59 Å². The average molecular weight is 425 g/mol. The topological polar surface area (TPSA) is 61.8 Å². The number of halogens is 1. The molecule has 0 heterocycles. The summed E-state index contributed by atoms with van der Waals surface area (Å²) < 4.78 is 15.9. The van der Waals surface area contributed by atoms with Crippen LogP contribution in [0.15, 0.2) is 78.9 Å². The van der Waals surface area contributed by atoms with Crippen LogP contribution in [0.25, 0.3) is 0 Å². The number of rotatable bonds is 9. The molecule has 0 aliphatic carbocycles. The first kappa shape index (κ1) is 21.4. The van der Waals surface area contributed by atoms with Gasteiger partial charge in [0.05, 0.1) is 17.2 Å². The Labute approximate surface area is 180 Å². The molecule has 0 atom stereocenters. The van der Waals surface area contributed by atoms with Gasteiger partial charge < -0.3 is 14.2 Å². The number of carbonyl (C=O) groups excluding carboxylic acids is 2. The van der Waals surface area contributed by atoms with E-state index in [2.05, 4.69) is 0 Å². The fourth-order valence-corrected chi connectivity index (χ4v) is 2.91. The molecule has 3 aromatic rings. The summed E-state index contributed by atoms with van der Waals surface area (Å²) in [5.74, 6) is -0.443. The number of hydrogen-bond donors (Lipinski definition) is 0. The van der Waals surface area contributed by atoms with Crippen molar-refractivity contribution in [3.05, 3.63) is 95.0 Å². The van der Waals surface area contributed by atoms with Gasteiger partial charge in [0.15, 0.2) is 6.61 Å². The number of ether oxygens (including phenoxy) is 3. The molecule has 0 bridgehead atoms. The predicted octanol–water partition coefficient (Wildman–Crippen LogP) is 5.11. The minimum absolute atomic E-state index is 0.237. The highest BCUT2D eigenvalue weighted by Crippen LogP contribution is 2.23. The molecule has 0 spiro atoms. The van der Waals surface area contributed by atoms with Gasteiger partial charge in [0, 0.05) is 0 Å². The second-order valence-corrected chi connectivity index (χ2v) is 6.85. The van der Waals surface area contributed by atoms with Gasteiger partial charge in [0.25, 0.3) is 0 Å². The standard InChI is InChI=1S/C24H21ClO5/c25-21-13-4-5-14-22(21)29-17-23(26)30-20-12-6-11-19(16-20)24(27)28-15-7-10-18-8-2-1-3-9-18/h1-6,8-9,11-14,16H,7,10,15,17H2. The van der Waals surface area contributed by atoms with Crippen LogP contribution in [0.5, 0.6) is 11.5 Å². The lowest BCUT2D eigenvalue weighted by Gasteiger charge is -2.09. The van der Waals surface area contributed by atoms with Crippen molar-refractivity contribution in [1.82, 2.24) is 0 Å². The Morgan fingerprint density at radius 1 is 0.867 bits per heavy atom. The molecule has 0 fully saturated rings. The van der Waals surface area contributed by atoms with Crippen molar-refractivity contribution >= 4 is 23.5 Å². The minimum atomic E-state index is -0.608. The molecule has 0 saturated carbocycles. The highest BCUT2D eigenvalue weighted by atomic mass is 35.5. The number of carbonyl (C=O) groups is 2. The maximum Gasteiger partial charge on any atom is 0.349 e. The minimum Gasteiger partial charge on any atom is -0.480 e. The zero-order chi connectivity index (χ0) is 21.2. The number of para-hydroxylation sites is 1. The molecule has 0 amide bonds. The van der Waals surface area contributed by atoms with Crippen LogP contribution < -0.4 is 9.47 Å². The van der Waals surface area contributed by atoms with Crippen LogP contribution in [0.1, 0.15) is 22.3 Å². The highest BCUT2D eigenvalue weighted by molar-refractivity contribution is 6.32. The van der Waals surface area contributed by atoms with Gasteiger partial charge in [-0.3, -0.25) is 0 Å². The third-order valence-electron chi connectivity index (χ3n) is 4.17. The SMILES string of the molecule is O=C(COc1ccccc1Cl)Oc1cccc(C(=O)OCCCc2ccccc2)c1. The van der Waals surface area contributed by atoms with E-state index in [-0.39, 0.29) is 12.4 Å². The monoisotopic (exact) mass is 424 g/mol. The molecule has 3 aromatic carbocycles. The smallest absolute Gasteiger partial charge is 0.349 e. The molecule has 6 heteroatoms. The van der Waals surface area contributed by atoms with Gasteiger partial charge in [-0.2, -0.15) is 0 Å². The van der Waals surface area contributed by atoms with Crippen LogP contribution in [0, 0.1) is 0 Å². The summed E-state index contributed by atoms with van der Waals surface area (Å²) >= 11 is 5.98. The summed E-state index contributed by atoms with van der Waals surface area (Å²) in [6.45, 7) is 0.00130. The lowest BCUT2D eigenvalue weighted by Crippen LogP contribution is -2.18. The Kier molecular flexibility index (Phi) is 7.86. The van der Waals surface area contributed by atoms with Crippen LogP contribution >= 0.6 is 11.6 Å². The first-order valence-electron chi connectivity index (χ1n) is 9.51. The second-order valence-electron chi connectivity index (χ2n) is 6.45. The van der Waals surface area contributed by atoms with Crippen molar-refractivity contribution in [3.8, 4) is 11.5 Å². The van der Waals surface area contributed by atoms with Gasteiger partial charge in [-0.25, -0.2) is 9.59 Å². The van der Waals surface area contributed by atoms with Crippen molar-refractivity contribution in [3.63, 3.8) is 0 Å². The molecule has 30 heavy (non-hydrogen) atoms. The maximum atomic E-state index is 12.2. The molecule has 154 valence electrons. The van der Waals surface area contributed by atoms with Crippen LogP contribution in [-0.4, -0.2) is 25.2 Å². The van der Waals surface area contributed by atoms with Crippen LogP contribution in [-0.2, 0) is 16.0 Å². The quantitative estimate of drug-likeness (QED) is 0.271. The molecule has 0 radical (unpaired) electrons. The Balaban J connectivity index is 1.45. The molecule has 0 N–H and O–H groups in total. The number of benzene rings is 3. The molecule has 5 nitrogen and oxygen atoms in total. The normalized spacial score (nSPS) is 10.3. The summed E-state index contributed by atoms with van der Waals surface area (Å²) in [6, 6.07) is 23.1. The third kappa shape index (κ3) is 6.64. The highest BCUT2D eigenvalue weighted by Gasteiger charge is 2.12. The summed E-state index contributed by atoms with van der Waals surface area (Å²) in [5.41, 5.74) is 1.51. The van der Waals surface area contributed by atoms with Crippen molar-refractivity contribution in [1.29, 1.82) is 0 Å². The van der Waals surface area contributed by atoms with Gasteiger partial charge >= 0.3 is 11.9 Å². The molecule has 0 saturated heterocycles. The summed E-state index contributed by atoms with van der Waals surface area (Å²) in [6.07, 6.45) is 1.56.